The van der Waals surface area contributed by atoms with Gasteiger partial charge in [0, 0.05) is 26.3 Å². The van der Waals surface area contributed by atoms with Crippen LogP contribution >= 0.6 is 12.2 Å². The molecule has 1 aromatic rings. The Morgan fingerprint density at radius 1 is 1.36 bits per heavy atom. The van der Waals surface area contributed by atoms with Crippen LogP contribution in [0.15, 0.2) is 23.1 Å². The van der Waals surface area contributed by atoms with E-state index in [9.17, 15) is 8.42 Å². The Morgan fingerprint density at radius 3 is 2.59 bits per heavy atom. The van der Waals surface area contributed by atoms with E-state index in [-0.39, 0.29) is 4.90 Å². The van der Waals surface area contributed by atoms with Gasteiger partial charge in [0.05, 0.1) is 7.11 Å². The van der Waals surface area contributed by atoms with Gasteiger partial charge in [-0.05, 0) is 36.8 Å². The standard InChI is InChI=1S/C14H23N3O3S2/c1-5-6-9-15-14(21)16-11-7-8-12(20-4)13(10-11)22(18,19)17(2)3/h7-8,10H,5-6,9H2,1-4H3,(H2,15,16,21). The number of methoxy groups -OCH3 is 1. The van der Waals surface area contributed by atoms with E-state index in [1.165, 1.54) is 27.3 Å². The fraction of sp³-hybridized carbons (Fsp3) is 0.500. The molecular weight excluding hydrogens is 322 g/mol. The van der Waals surface area contributed by atoms with Crippen molar-refractivity contribution < 1.29 is 13.2 Å². The molecule has 0 saturated carbocycles. The fourth-order valence-electron chi connectivity index (χ4n) is 1.71. The van der Waals surface area contributed by atoms with Crippen LogP contribution in [0.2, 0.25) is 0 Å². The van der Waals surface area contributed by atoms with Gasteiger partial charge in [0.2, 0.25) is 10.0 Å². The third-order valence-corrected chi connectivity index (χ3v) is 5.08. The minimum atomic E-state index is -3.59. The molecule has 0 aliphatic carbocycles. The zero-order valence-electron chi connectivity index (χ0n) is 13.3. The van der Waals surface area contributed by atoms with Gasteiger partial charge >= 0.3 is 0 Å². The molecule has 0 unspecified atom stereocenters. The third kappa shape index (κ3) is 4.82. The maximum Gasteiger partial charge on any atom is 0.246 e. The summed E-state index contributed by atoms with van der Waals surface area (Å²) in [6.07, 6.45) is 2.09. The third-order valence-electron chi connectivity index (χ3n) is 3.00. The largest absolute Gasteiger partial charge is 0.495 e. The van der Waals surface area contributed by atoms with Crippen molar-refractivity contribution in [3.8, 4) is 5.75 Å². The Morgan fingerprint density at radius 2 is 2.05 bits per heavy atom. The molecule has 0 aliphatic rings. The number of rotatable bonds is 7. The number of ether oxygens (including phenoxy) is 1. The van der Waals surface area contributed by atoms with Gasteiger partial charge < -0.3 is 15.4 Å². The van der Waals surface area contributed by atoms with Crippen molar-refractivity contribution in [3.63, 3.8) is 0 Å². The summed E-state index contributed by atoms with van der Waals surface area (Å²) in [5, 5.41) is 6.52. The first kappa shape index (κ1) is 18.7. The molecule has 0 fully saturated rings. The molecule has 0 spiro atoms. The highest BCUT2D eigenvalue weighted by molar-refractivity contribution is 7.89. The lowest BCUT2D eigenvalue weighted by molar-refractivity contribution is 0.400. The number of nitrogens with zero attached hydrogens (tertiary/aromatic N) is 1. The first-order valence-electron chi connectivity index (χ1n) is 6.98. The maximum absolute atomic E-state index is 12.3. The number of hydrogen-bond donors (Lipinski definition) is 2. The van der Waals surface area contributed by atoms with Gasteiger partial charge in [0.15, 0.2) is 5.11 Å². The van der Waals surface area contributed by atoms with Crippen molar-refractivity contribution in [1.82, 2.24) is 9.62 Å². The van der Waals surface area contributed by atoms with Crippen LogP contribution in [-0.4, -0.2) is 45.6 Å². The van der Waals surface area contributed by atoms with Crippen molar-refractivity contribution in [3.05, 3.63) is 18.2 Å². The molecule has 124 valence electrons. The number of thiocarbonyl (C=S) groups is 1. The average molecular weight is 345 g/mol. The molecular formula is C14H23N3O3S2. The van der Waals surface area contributed by atoms with Crippen LogP contribution in [0, 0.1) is 0 Å². The zero-order valence-corrected chi connectivity index (χ0v) is 15.0. The second-order valence-electron chi connectivity index (χ2n) is 4.89. The quantitative estimate of drug-likeness (QED) is 0.582. The van der Waals surface area contributed by atoms with Gasteiger partial charge in [0.1, 0.15) is 10.6 Å². The summed E-state index contributed by atoms with van der Waals surface area (Å²) in [4.78, 5) is 0.0985. The predicted octanol–water partition coefficient (Wildman–Crippen LogP) is 2.03. The molecule has 2 N–H and O–H groups in total. The van der Waals surface area contributed by atoms with Crippen molar-refractivity contribution in [2.24, 2.45) is 0 Å². The number of nitrogens with one attached hydrogen (secondary N) is 2. The first-order valence-corrected chi connectivity index (χ1v) is 8.83. The molecule has 0 saturated heterocycles. The van der Waals surface area contributed by atoms with E-state index in [1.807, 2.05) is 0 Å². The van der Waals surface area contributed by atoms with E-state index in [0.29, 0.717) is 16.5 Å². The molecule has 0 atom stereocenters. The number of sulfonamides is 1. The highest BCUT2D eigenvalue weighted by Crippen LogP contribution is 2.28. The predicted molar refractivity (Wildman–Crippen MR) is 93.0 cm³/mol. The number of anilines is 1. The summed E-state index contributed by atoms with van der Waals surface area (Å²) in [6, 6.07) is 4.84. The van der Waals surface area contributed by atoms with Crippen LogP contribution in [0.25, 0.3) is 0 Å². The molecule has 8 heteroatoms. The molecule has 0 heterocycles. The van der Waals surface area contributed by atoms with Gasteiger partial charge in [-0.25, -0.2) is 12.7 Å². The summed E-state index contributed by atoms with van der Waals surface area (Å²) in [5.41, 5.74) is 0.593. The highest BCUT2D eigenvalue weighted by Gasteiger charge is 2.22. The van der Waals surface area contributed by atoms with Crippen LogP contribution in [0.3, 0.4) is 0 Å². The number of benzene rings is 1. The Hall–Kier alpha value is -1.38. The Labute approximate surface area is 137 Å². The normalized spacial score (nSPS) is 11.3. The lowest BCUT2D eigenvalue weighted by Gasteiger charge is -2.16. The molecule has 0 amide bonds. The van der Waals surface area contributed by atoms with E-state index in [4.69, 9.17) is 17.0 Å². The molecule has 0 radical (unpaired) electrons. The summed E-state index contributed by atoms with van der Waals surface area (Å²) in [7, 11) is 0.800. The topological polar surface area (TPSA) is 70.7 Å². The summed E-state index contributed by atoms with van der Waals surface area (Å²) < 4.78 is 30.9. The summed E-state index contributed by atoms with van der Waals surface area (Å²) in [5.74, 6) is 0.295. The molecule has 22 heavy (non-hydrogen) atoms. The van der Waals surface area contributed by atoms with Gasteiger partial charge in [-0.1, -0.05) is 13.3 Å². The van der Waals surface area contributed by atoms with Crippen LogP contribution in [-0.2, 0) is 10.0 Å². The Kier molecular flexibility index (Phi) is 7.05. The molecule has 1 rings (SSSR count). The Bertz CT molecular complexity index is 616. The molecule has 1 aromatic carbocycles. The lowest BCUT2D eigenvalue weighted by Crippen LogP contribution is -2.29. The second-order valence-corrected chi connectivity index (χ2v) is 7.42. The highest BCUT2D eigenvalue weighted by atomic mass is 32.2. The SMILES string of the molecule is CCCCNC(=S)Nc1ccc(OC)c(S(=O)(=O)N(C)C)c1. The van der Waals surface area contributed by atoms with Crippen molar-refractivity contribution in [2.45, 2.75) is 24.7 Å². The first-order chi connectivity index (χ1) is 10.3. The van der Waals surface area contributed by atoms with Gasteiger partial charge in [-0.3, -0.25) is 0 Å². The van der Waals surface area contributed by atoms with Crippen molar-refractivity contribution >= 4 is 33.0 Å². The molecule has 0 bridgehead atoms. The molecule has 0 aromatic heterocycles. The average Bonchev–Trinajstić information content (AvgIpc) is 2.47. The van der Waals surface area contributed by atoms with Gasteiger partial charge in [0.25, 0.3) is 0 Å². The molecule has 0 aliphatic heterocycles. The van der Waals surface area contributed by atoms with E-state index in [1.54, 1.807) is 12.1 Å². The summed E-state index contributed by atoms with van der Waals surface area (Å²) in [6.45, 7) is 2.88. The van der Waals surface area contributed by atoms with E-state index >= 15 is 0 Å². The van der Waals surface area contributed by atoms with Crippen LogP contribution in [0.4, 0.5) is 5.69 Å². The zero-order chi connectivity index (χ0) is 16.8. The summed E-state index contributed by atoms with van der Waals surface area (Å²) >= 11 is 5.19. The number of unbranched alkanes of at least 4 members (excludes halogenated alkanes) is 1. The van der Waals surface area contributed by atoms with E-state index in [0.717, 1.165) is 23.7 Å². The molecule has 6 nitrogen and oxygen atoms in total. The maximum atomic E-state index is 12.3. The fourth-order valence-corrected chi connectivity index (χ4v) is 3.00. The monoisotopic (exact) mass is 345 g/mol. The lowest BCUT2D eigenvalue weighted by atomic mass is 10.3. The van der Waals surface area contributed by atoms with Gasteiger partial charge in [-0.15, -0.1) is 0 Å². The number of hydrogen-bond acceptors (Lipinski definition) is 4. The second kappa shape index (κ2) is 8.30. The van der Waals surface area contributed by atoms with Crippen LogP contribution in [0.1, 0.15) is 19.8 Å². The minimum absolute atomic E-state index is 0.0985. The Balaban J connectivity index is 2.98. The van der Waals surface area contributed by atoms with Crippen molar-refractivity contribution in [2.75, 3.05) is 33.1 Å². The van der Waals surface area contributed by atoms with Gasteiger partial charge in [-0.2, -0.15) is 0 Å². The van der Waals surface area contributed by atoms with E-state index in [2.05, 4.69) is 17.6 Å². The van der Waals surface area contributed by atoms with Crippen molar-refractivity contribution in [1.29, 1.82) is 0 Å². The van der Waals surface area contributed by atoms with Crippen LogP contribution < -0.4 is 15.4 Å². The minimum Gasteiger partial charge on any atom is -0.495 e. The smallest absolute Gasteiger partial charge is 0.246 e. The van der Waals surface area contributed by atoms with Crippen LogP contribution in [0.5, 0.6) is 5.75 Å². The van der Waals surface area contributed by atoms with E-state index < -0.39 is 10.0 Å².